The molecule has 1 heterocycles. The van der Waals surface area contributed by atoms with E-state index in [2.05, 4.69) is 61.3 Å². The molecular formula is C19H32N2. The molecule has 0 spiro atoms. The van der Waals surface area contributed by atoms with Crippen molar-refractivity contribution in [3.05, 3.63) is 35.9 Å². The van der Waals surface area contributed by atoms with E-state index in [4.69, 9.17) is 0 Å². The van der Waals surface area contributed by atoms with Crippen LogP contribution in [0.25, 0.3) is 0 Å². The molecule has 1 fully saturated rings. The molecule has 1 aromatic rings. The van der Waals surface area contributed by atoms with Gasteiger partial charge in [0.15, 0.2) is 0 Å². The molecule has 2 atom stereocenters. The van der Waals surface area contributed by atoms with Gasteiger partial charge in [0.05, 0.1) is 0 Å². The third kappa shape index (κ3) is 5.12. The molecule has 0 amide bonds. The van der Waals surface area contributed by atoms with Gasteiger partial charge in [0, 0.05) is 25.2 Å². The highest BCUT2D eigenvalue weighted by molar-refractivity contribution is 5.16. The summed E-state index contributed by atoms with van der Waals surface area (Å²) in [7, 11) is 0. The van der Waals surface area contributed by atoms with E-state index >= 15 is 0 Å². The molecule has 1 N–H and O–H groups in total. The summed E-state index contributed by atoms with van der Waals surface area (Å²) >= 11 is 0. The Morgan fingerprint density at radius 1 is 1.19 bits per heavy atom. The first-order valence-electron chi connectivity index (χ1n) is 8.72. The normalized spacial score (nSPS) is 23.6. The molecule has 1 aliphatic heterocycles. The fourth-order valence-electron chi connectivity index (χ4n) is 3.41. The van der Waals surface area contributed by atoms with Crippen LogP contribution in [0.4, 0.5) is 0 Å². The monoisotopic (exact) mass is 288 g/mol. The molecule has 1 saturated heterocycles. The van der Waals surface area contributed by atoms with Crippen LogP contribution in [0.5, 0.6) is 0 Å². The van der Waals surface area contributed by atoms with Gasteiger partial charge in [-0.3, -0.25) is 4.90 Å². The summed E-state index contributed by atoms with van der Waals surface area (Å²) in [6, 6.07) is 12.2. The number of benzene rings is 1. The van der Waals surface area contributed by atoms with Crippen LogP contribution in [0.2, 0.25) is 0 Å². The molecule has 2 unspecified atom stereocenters. The highest BCUT2D eigenvalue weighted by Crippen LogP contribution is 2.18. The number of unbranched alkanes of at least 4 members (excludes halogenated alkanes) is 2. The van der Waals surface area contributed by atoms with Crippen LogP contribution in [-0.2, 0) is 6.42 Å². The van der Waals surface area contributed by atoms with Crippen molar-refractivity contribution in [3.8, 4) is 0 Å². The summed E-state index contributed by atoms with van der Waals surface area (Å²) < 4.78 is 0. The van der Waals surface area contributed by atoms with Crippen molar-refractivity contribution in [2.75, 3.05) is 19.6 Å². The topological polar surface area (TPSA) is 15.3 Å². The molecule has 2 rings (SSSR count). The van der Waals surface area contributed by atoms with Crippen LogP contribution in [0.3, 0.4) is 0 Å². The summed E-state index contributed by atoms with van der Waals surface area (Å²) in [5, 5.41) is 3.78. The lowest BCUT2D eigenvalue weighted by atomic mass is 9.95. The smallest absolute Gasteiger partial charge is 0.0244 e. The second-order valence-corrected chi connectivity index (χ2v) is 6.81. The molecule has 0 bridgehead atoms. The van der Waals surface area contributed by atoms with Gasteiger partial charge in [-0.2, -0.15) is 0 Å². The minimum absolute atomic E-state index is 0.601. The third-order valence-corrected chi connectivity index (χ3v) is 4.68. The molecule has 0 radical (unpaired) electrons. The quantitative estimate of drug-likeness (QED) is 0.769. The first-order valence-corrected chi connectivity index (χ1v) is 8.72. The number of piperazine rings is 1. The molecule has 2 nitrogen and oxygen atoms in total. The zero-order valence-electron chi connectivity index (χ0n) is 14.0. The van der Waals surface area contributed by atoms with Crippen LogP contribution < -0.4 is 5.32 Å². The minimum atomic E-state index is 0.601. The molecule has 1 aromatic carbocycles. The Bertz CT molecular complexity index is 388. The number of hydrogen-bond donors (Lipinski definition) is 1. The van der Waals surface area contributed by atoms with Gasteiger partial charge in [-0.25, -0.2) is 0 Å². The number of nitrogens with zero attached hydrogens (tertiary/aromatic N) is 1. The fraction of sp³-hybridized carbons (Fsp3) is 0.684. The third-order valence-electron chi connectivity index (χ3n) is 4.68. The van der Waals surface area contributed by atoms with Crippen molar-refractivity contribution in [1.29, 1.82) is 0 Å². The predicted octanol–water partition coefficient (Wildman–Crippen LogP) is 3.72. The minimum Gasteiger partial charge on any atom is -0.311 e. The van der Waals surface area contributed by atoms with Gasteiger partial charge < -0.3 is 5.32 Å². The van der Waals surface area contributed by atoms with E-state index in [9.17, 15) is 0 Å². The molecule has 118 valence electrons. The molecular weight excluding hydrogens is 256 g/mol. The molecule has 0 aliphatic carbocycles. The number of rotatable bonds is 7. The Kier molecular flexibility index (Phi) is 6.72. The van der Waals surface area contributed by atoms with E-state index in [0.717, 1.165) is 18.9 Å². The predicted molar refractivity (Wildman–Crippen MR) is 91.7 cm³/mol. The van der Waals surface area contributed by atoms with E-state index in [1.165, 1.54) is 37.9 Å². The Morgan fingerprint density at radius 3 is 2.62 bits per heavy atom. The van der Waals surface area contributed by atoms with Crippen molar-refractivity contribution in [3.63, 3.8) is 0 Å². The second-order valence-electron chi connectivity index (χ2n) is 6.81. The van der Waals surface area contributed by atoms with Crippen LogP contribution >= 0.6 is 0 Å². The SMILES string of the molecule is CCCCCN1CC(Cc2ccccc2)NCC1C(C)C. The Morgan fingerprint density at radius 2 is 1.95 bits per heavy atom. The van der Waals surface area contributed by atoms with Crippen molar-refractivity contribution in [1.82, 2.24) is 10.2 Å². The maximum Gasteiger partial charge on any atom is 0.0244 e. The van der Waals surface area contributed by atoms with Crippen LogP contribution in [0.15, 0.2) is 30.3 Å². The van der Waals surface area contributed by atoms with Crippen LogP contribution in [-0.4, -0.2) is 36.6 Å². The summed E-state index contributed by atoms with van der Waals surface area (Å²) in [5.41, 5.74) is 1.45. The van der Waals surface area contributed by atoms with Gasteiger partial charge in [-0.05, 0) is 30.9 Å². The lowest BCUT2D eigenvalue weighted by Crippen LogP contribution is -2.58. The standard InChI is InChI=1S/C19H32N2/c1-4-5-9-12-21-15-18(20-14-19(21)16(2)3)13-17-10-7-6-8-11-17/h6-8,10-11,16,18-20H,4-5,9,12-15H2,1-3H3. The molecule has 1 aliphatic rings. The van der Waals surface area contributed by atoms with Gasteiger partial charge >= 0.3 is 0 Å². The zero-order chi connectivity index (χ0) is 15.1. The highest BCUT2D eigenvalue weighted by Gasteiger charge is 2.29. The molecule has 2 heteroatoms. The average molecular weight is 288 g/mol. The van der Waals surface area contributed by atoms with Crippen LogP contribution in [0, 0.1) is 5.92 Å². The van der Waals surface area contributed by atoms with Crippen LogP contribution in [0.1, 0.15) is 45.6 Å². The largest absolute Gasteiger partial charge is 0.311 e. The van der Waals surface area contributed by atoms with Gasteiger partial charge in [-0.15, -0.1) is 0 Å². The molecule has 21 heavy (non-hydrogen) atoms. The second kappa shape index (κ2) is 8.55. The molecule has 0 aromatic heterocycles. The van der Waals surface area contributed by atoms with Crippen molar-refractivity contribution < 1.29 is 0 Å². The summed E-state index contributed by atoms with van der Waals surface area (Å²) in [5.74, 6) is 0.733. The van der Waals surface area contributed by atoms with E-state index in [-0.39, 0.29) is 0 Å². The maximum absolute atomic E-state index is 3.78. The van der Waals surface area contributed by atoms with E-state index < -0.39 is 0 Å². The first-order chi connectivity index (χ1) is 10.2. The average Bonchev–Trinajstić information content (AvgIpc) is 2.48. The number of hydrogen-bond acceptors (Lipinski definition) is 2. The van der Waals surface area contributed by atoms with Gasteiger partial charge in [0.1, 0.15) is 0 Å². The van der Waals surface area contributed by atoms with Gasteiger partial charge in [-0.1, -0.05) is 63.9 Å². The lowest BCUT2D eigenvalue weighted by Gasteiger charge is -2.42. The lowest BCUT2D eigenvalue weighted by molar-refractivity contribution is 0.0964. The molecule has 0 saturated carbocycles. The van der Waals surface area contributed by atoms with Gasteiger partial charge in [0.25, 0.3) is 0 Å². The summed E-state index contributed by atoms with van der Waals surface area (Å²) in [6.07, 6.45) is 5.16. The Balaban J connectivity index is 1.91. The highest BCUT2D eigenvalue weighted by atomic mass is 15.2. The summed E-state index contributed by atoms with van der Waals surface area (Å²) in [6.45, 7) is 10.6. The zero-order valence-corrected chi connectivity index (χ0v) is 14.0. The van der Waals surface area contributed by atoms with Crippen molar-refractivity contribution in [2.24, 2.45) is 5.92 Å². The van der Waals surface area contributed by atoms with Gasteiger partial charge in [0.2, 0.25) is 0 Å². The number of nitrogens with one attached hydrogen (secondary N) is 1. The fourth-order valence-corrected chi connectivity index (χ4v) is 3.41. The summed E-state index contributed by atoms with van der Waals surface area (Å²) in [4.78, 5) is 2.74. The Labute approximate surface area is 130 Å². The van der Waals surface area contributed by atoms with E-state index in [0.29, 0.717) is 12.1 Å². The van der Waals surface area contributed by atoms with Crippen molar-refractivity contribution >= 4 is 0 Å². The first kappa shape index (κ1) is 16.5. The van der Waals surface area contributed by atoms with Crippen molar-refractivity contribution in [2.45, 2.75) is 58.5 Å². The Hall–Kier alpha value is -0.860. The maximum atomic E-state index is 3.78. The van der Waals surface area contributed by atoms with E-state index in [1.54, 1.807) is 0 Å². The van der Waals surface area contributed by atoms with E-state index in [1.807, 2.05) is 0 Å².